The molecule has 1 amide bonds. The average molecular weight is 805 g/mol. The van der Waals surface area contributed by atoms with Crippen molar-refractivity contribution in [2.24, 2.45) is 5.73 Å². The van der Waals surface area contributed by atoms with Gasteiger partial charge in [-0.25, -0.2) is 4.57 Å². The molecular weight excluding hydrogens is 711 g/mol. The first-order valence-electron chi connectivity index (χ1n) is 23.7. The average Bonchev–Trinajstić information content (AvgIpc) is 3.16. The number of phosphoric ester groups is 1. The van der Waals surface area contributed by atoms with Gasteiger partial charge in [0.1, 0.15) is 0 Å². The highest BCUT2D eigenvalue weighted by molar-refractivity contribution is 7.47. The van der Waals surface area contributed by atoms with E-state index in [-0.39, 0.29) is 26.2 Å². The molecule has 0 aliphatic carbocycles. The van der Waals surface area contributed by atoms with Crippen LogP contribution >= 0.6 is 7.82 Å². The Labute approximate surface area is 340 Å². The van der Waals surface area contributed by atoms with E-state index in [0.29, 0.717) is 12.8 Å². The summed E-state index contributed by atoms with van der Waals surface area (Å²) in [4.78, 5) is 22.8. The van der Waals surface area contributed by atoms with E-state index in [0.717, 1.165) is 38.5 Å². The molecule has 0 heterocycles. The third kappa shape index (κ3) is 40.0. The Balaban J connectivity index is 4.14. The van der Waals surface area contributed by atoms with Crippen LogP contribution in [0.15, 0.2) is 0 Å². The molecule has 0 fully saturated rings. The van der Waals surface area contributed by atoms with Gasteiger partial charge >= 0.3 is 7.82 Å². The van der Waals surface area contributed by atoms with E-state index in [4.69, 9.17) is 14.8 Å². The minimum Gasteiger partial charge on any atom is -0.393 e. The van der Waals surface area contributed by atoms with Crippen molar-refractivity contribution < 1.29 is 33.5 Å². The number of phosphoric acid groups is 1. The largest absolute Gasteiger partial charge is 0.472 e. The van der Waals surface area contributed by atoms with Crippen LogP contribution in [0.4, 0.5) is 0 Å². The van der Waals surface area contributed by atoms with Crippen molar-refractivity contribution in [3.63, 3.8) is 0 Å². The molecule has 6 N–H and O–H groups in total. The summed E-state index contributed by atoms with van der Waals surface area (Å²) in [6.45, 7) is 4.07. The Morgan fingerprint density at radius 3 is 1.22 bits per heavy atom. The molecule has 0 aliphatic heterocycles. The van der Waals surface area contributed by atoms with Gasteiger partial charge in [0.2, 0.25) is 5.91 Å². The second-order valence-electron chi connectivity index (χ2n) is 16.5. The van der Waals surface area contributed by atoms with E-state index in [2.05, 4.69) is 19.2 Å². The van der Waals surface area contributed by atoms with Crippen molar-refractivity contribution in [1.29, 1.82) is 0 Å². The maximum atomic E-state index is 12.8. The number of aliphatic hydroxyl groups excluding tert-OH is 2. The van der Waals surface area contributed by atoms with Gasteiger partial charge < -0.3 is 26.2 Å². The minimum absolute atomic E-state index is 0.0628. The first kappa shape index (κ1) is 54.5. The molecule has 0 aromatic carbocycles. The summed E-state index contributed by atoms with van der Waals surface area (Å²) < 4.78 is 22.2. The van der Waals surface area contributed by atoms with Gasteiger partial charge in [-0.2, -0.15) is 0 Å². The number of rotatable bonds is 45. The molecular formula is C45H93N2O7P. The van der Waals surface area contributed by atoms with Gasteiger partial charge in [-0.05, 0) is 12.8 Å². The van der Waals surface area contributed by atoms with Gasteiger partial charge in [-0.15, -0.1) is 0 Å². The summed E-state index contributed by atoms with van der Waals surface area (Å²) >= 11 is 0. The highest BCUT2D eigenvalue weighted by atomic mass is 31.2. The summed E-state index contributed by atoms with van der Waals surface area (Å²) in [5.74, 6) is -0.409. The lowest BCUT2D eigenvalue weighted by atomic mass is 10.0. The summed E-state index contributed by atoms with van der Waals surface area (Å²) in [6, 6.07) is -0.890. The van der Waals surface area contributed by atoms with E-state index in [9.17, 15) is 24.5 Å². The number of nitrogens with one attached hydrogen (secondary N) is 1. The first-order valence-corrected chi connectivity index (χ1v) is 25.2. The van der Waals surface area contributed by atoms with Crippen LogP contribution in [-0.4, -0.2) is 59.0 Å². The molecule has 0 rings (SSSR count). The zero-order valence-corrected chi connectivity index (χ0v) is 37.2. The maximum Gasteiger partial charge on any atom is 0.472 e. The molecule has 0 radical (unpaired) electrons. The minimum atomic E-state index is -4.37. The monoisotopic (exact) mass is 805 g/mol. The Bertz CT molecular complexity index is 852. The van der Waals surface area contributed by atoms with Crippen LogP contribution in [0.3, 0.4) is 0 Å². The van der Waals surface area contributed by atoms with Crippen molar-refractivity contribution in [3.05, 3.63) is 0 Å². The third-order valence-corrected chi connectivity index (χ3v) is 12.0. The number of hydrogen-bond donors (Lipinski definition) is 5. The number of carbonyl (C=O) groups is 1. The number of aliphatic hydroxyl groups is 2. The quantitative estimate of drug-likeness (QED) is 0.0301. The van der Waals surface area contributed by atoms with Crippen LogP contribution in [0, 0.1) is 0 Å². The molecule has 4 atom stereocenters. The van der Waals surface area contributed by atoms with E-state index < -0.39 is 32.0 Å². The van der Waals surface area contributed by atoms with E-state index in [1.165, 1.54) is 173 Å². The van der Waals surface area contributed by atoms with E-state index in [1.807, 2.05) is 0 Å². The highest BCUT2D eigenvalue weighted by Crippen LogP contribution is 2.43. The van der Waals surface area contributed by atoms with Crippen LogP contribution < -0.4 is 11.1 Å². The molecule has 9 nitrogen and oxygen atoms in total. The van der Waals surface area contributed by atoms with Crippen LogP contribution in [0.2, 0.25) is 0 Å². The molecule has 0 aromatic rings. The first-order chi connectivity index (χ1) is 26.8. The Morgan fingerprint density at radius 2 is 0.873 bits per heavy atom. The molecule has 0 saturated carbocycles. The fourth-order valence-electron chi connectivity index (χ4n) is 7.42. The second-order valence-corrected chi connectivity index (χ2v) is 18.0. The Kier molecular flexibility index (Phi) is 41.2. The van der Waals surface area contributed by atoms with Crippen LogP contribution in [-0.2, 0) is 18.4 Å². The molecule has 55 heavy (non-hydrogen) atoms. The van der Waals surface area contributed by atoms with Crippen molar-refractivity contribution in [2.75, 3.05) is 19.8 Å². The van der Waals surface area contributed by atoms with Crippen LogP contribution in [0.25, 0.3) is 0 Å². The summed E-state index contributed by atoms with van der Waals surface area (Å²) in [5, 5.41) is 24.2. The topological polar surface area (TPSA) is 151 Å². The highest BCUT2D eigenvalue weighted by Gasteiger charge is 2.28. The Morgan fingerprint density at radius 1 is 0.545 bits per heavy atom. The molecule has 0 saturated heterocycles. The lowest BCUT2D eigenvalue weighted by Crippen LogP contribution is -2.47. The van der Waals surface area contributed by atoms with Crippen LogP contribution in [0.1, 0.15) is 245 Å². The fourth-order valence-corrected chi connectivity index (χ4v) is 8.18. The zero-order chi connectivity index (χ0) is 40.5. The lowest BCUT2D eigenvalue weighted by Gasteiger charge is -2.25. The van der Waals surface area contributed by atoms with E-state index in [1.54, 1.807) is 0 Å². The van der Waals surface area contributed by atoms with Gasteiger partial charge in [-0.3, -0.25) is 13.8 Å². The molecule has 0 bridgehead atoms. The van der Waals surface area contributed by atoms with Crippen molar-refractivity contribution in [2.45, 2.75) is 263 Å². The van der Waals surface area contributed by atoms with Crippen molar-refractivity contribution in [3.8, 4) is 0 Å². The smallest absolute Gasteiger partial charge is 0.393 e. The van der Waals surface area contributed by atoms with Crippen LogP contribution in [0.5, 0.6) is 0 Å². The van der Waals surface area contributed by atoms with E-state index >= 15 is 0 Å². The predicted molar refractivity (Wildman–Crippen MR) is 232 cm³/mol. The van der Waals surface area contributed by atoms with Gasteiger partial charge in [0.15, 0.2) is 0 Å². The summed E-state index contributed by atoms with van der Waals surface area (Å²) in [5.41, 5.74) is 5.38. The summed E-state index contributed by atoms with van der Waals surface area (Å²) in [7, 11) is -4.37. The Hall–Kier alpha value is -0.540. The molecule has 0 aliphatic rings. The second kappa shape index (κ2) is 41.6. The normalized spacial score (nSPS) is 14.5. The molecule has 0 aromatic heterocycles. The van der Waals surface area contributed by atoms with Crippen molar-refractivity contribution >= 4 is 13.7 Å². The number of carbonyl (C=O) groups excluding carboxylic acids is 1. The predicted octanol–water partition coefficient (Wildman–Crippen LogP) is 12.4. The number of hydrogen-bond acceptors (Lipinski definition) is 7. The number of amides is 1. The van der Waals surface area contributed by atoms with Gasteiger partial charge in [-0.1, -0.05) is 226 Å². The molecule has 10 heteroatoms. The summed E-state index contributed by atoms with van der Waals surface area (Å²) in [6.07, 6.45) is 41.5. The molecule has 0 spiro atoms. The lowest BCUT2D eigenvalue weighted by molar-refractivity contribution is -0.125. The maximum absolute atomic E-state index is 12.8. The standard InChI is InChI=1S/C45H93N2O7P/c1-3-5-7-9-11-13-15-17-18-19-20-21-22-23-24-25-27-29-31-33-35-37-44(49)43(41-54-55(51,52)53-39-38-46)47-45(50)40-42(48)36-34-32-30-28-26-16-14-12-10-8-6-4-2/h42-44,48-49H,3-41,46H2,1-2H3,(H,47,50)(H,51,52). The van der Waals surface area contributed by atoms with Crippen molar-refractivity contribution in [1.82, 2.24) is 5.32 Å². The van der Waals surface area contributed by atoms with Gasteiger partial charge in [0, 0.05) is 6.54 Å². The van der Waals surface area contributed by atoms with Gasteiger partial charge in [0.05, 0.1) is 37.9 Å². The third-order valence-electron chi connectivity index (χ3n) is 11.0. The zero-order valence-electron chi connectivity index (χ0n) is 36.3. The number of nitrogens with two attached hydrogens (primary N) is 1. The molecule has 330 valence electrons. The number of unbranched alkanes of at least 4 members (excludes halogenated alkanes) is 31. The fraction of sp³-hybridized carbons (Fsp3) is 0.978. The van der Waals surface area contributed by atoms with Gasteiger partial charge in [0.25, 0.3) is 0 Å². The molecule has 4 unspecified atom stereocenters. The SMILES string of the molecule is CCCCCCCCCCCCCCCCCCCCCCCC(O)C(COP(=O)(O)OCCN)NC(=O)CC(O)CCCCCCCCCCCCCC.